The third-order valence-electron chi connectivity index (χ3n) is 4.10. The number of aliphatic imine (C=N–C) groups is 1. The molecule has 28 heavy (non-hydrogen) atoms. The number of guanidine groups is 1. The summed E-state index contributed by atoms with van der Waals surface area (Å²) in [5.74, 6) is 3.27. The number of rotatable bonds is 10. The molecule has 0 radical (unpaired) electrons. The Hall–Kier alpha value is -2.29. The Morgan fingerprint density at radius 3 is 2.79 bits per heavy atom. The molecule has 0 bridgehead atoms. The molecule has 1 atom stereocenters. The van der Waals surface area contributed by atoms with E-state index in [2.05, 4.69) is 32.1 Å². The van der Waals surface area contributed by atoms with Gasteiger partial charge in [0, 0.05) is 13.6 Å². The Labute approximate surface area is 170 Å². The van der Waals surface area contributed by atoms with E-state index in [0.29, 0.717) is 19.0 Å². The van der Waals surface area contributed by atoms with Crippen LogP contribution in [0.3, 0.4) is 0 Å². The van der Waals surface area contributed by atoms with E-state index in [4.69, 9.17) is 4.74 Å². The number of ether oxygens (including phenoxy) is 1. The fourth-order valence-electron chi connectivity index (χ4n) is 2.38. The van der Waals surface area contributed by atoms with Crippen molar-refractivity contribution < 1.29 is 9.13 Å². The van der Waals surface area contributed by atoms with E-state index >= 15 is 0 Å². The van der Waals surface area contributed by atoms with Crippen LogP contribution in [0.4, 0.5) is 4.39 Å². The van der Waals surface area contributed by atoms with E-state index in [0.717, 1.165) is 30.4 Å². The summed E-state index contributed by atoms with van der Waals surface area (Å²) in [5.41, 5.74) is 0. The van der Waals surface area contributed by atoms with Crippen molar-refractivity contribution in [2.24, 2.45) is 12.0 Å². The van der Waals surface area contributed by atoms with E-state index in [-0.39, 0.29) is 17.7 Å². The van der Waals surface area contributed by atoms with Crippen LogP contribution in [-0.4, -0.2) is 51.9 Å². The average Bonchev–Trinajstić information content (AvgIpc) is 3.00. The molecular formula is C19H29FN6OS. The quantitative estimate of drug-likeness (QED) is 0.357. The van der Waals surface area contributed by atoms with Crippen LogP contribution in [0.1, 0.15) is 25.0 Å². The molecule has 1 aromatic heterocycles. The van der Waals surface area contributed by atoms with Crippen molar-refractivity contribution >= 4 is 17.7 Å². The van der Waals surface area contributed by atoms with Crippen molar-refractivity contribution in [3.8, 4) is 5.75 Å². The molecule has 154 valence electrons. The molecule has 0 aliphatic heterocycles. The lowest BCUT2D eigenvalue weighted by Gasteiger charge is -2.18. The molecule has 1 heterocycles. The fraction of sp³-hybridized carbons (Fsp3) is 0.526. The molecule has 9 heteroatoms. The van der Waals surface area contributed by atoms with Gasteiger partial charge < -0.3 is 19.9 Å². The predicted molar refractivity (Wildman–Crippen MR) is 112 cm³/mol. The number of para-hydroxylation sites is 1. The number of nitrogens with one attached hydrogen (secondary N) is 2. The van der Waals surface area contributed by atoms with Crippen molar-refractivity contribution in [3.63, 3.8) is 0 Å². The van der Waals surface area contributed by atoms with Gasteiger partial charge in [0.15, 0.2) is 23.4 Å². The normalized spacial score (nSPS) is 12.7. The zero-order valence-corrected chi connectivity index (χ0v) is 17.7. The van der Waals surface area contributed by atoms with Crippen LogP contribution < -0.4 is 15.4 Å². The highest BCUT2D eigenvalue weighted by Gasteiger charge is 2.10. The summed E-state index contributed by atoms with van der Waals surface area (Å²) in [6, 6.07) is 6.40. The Kier molecular flexibility index (Phi) is 9.06. The minimum Gasteiger partial charge on any atom is -0.486 e. The SMILES string of the molecule is CSCCCNC(=NCc1nnc(C)n1C)NCC(C)Oc1ccccc1F. The first-order valence-corrected chi connectivity index (χ1v) is 10.7. The molecule has 7 nitrogen and oxygen atoms in total. The van der Waals surface area contributed by atoms with Gasteiger partial charge in [0.05, 0.1) is 6.54 Å². The van der Waals surface area contributed by atoms with Crippen molar-refractivity contribution in [3.05, 3.63) is 41.7 Å². The molecule has 2 N–H and O–H groups in total. The summed E-state index contributed by atoms with van der Waals surface area (Å²) in [5, 5.41) is 14.8. The van der Waals surface area contributed by atoms with Crippen LogP contribution in [0.5, 0.6) is 5.75 Å². The first kappa shape index (κ1) is 22.0. The summed E-state index contributed by atoms with van der Waals surface area (Å²) in [7, 11) is 1.92. The van der Waals surface area contributed by atoms with Gasteiger partial charge in [0.1, 0.15) is 18.5 Å². The van der Waals surface area contributed by atoms with Crippen molar-refractivity contribution in [2.75, 3.05) is 25.1 Å². The van der Waals surface area contributed by atoms with E-state index in [1.807, 2.05) is 37.2 Å². The van der Waals surface area contributed by atoms with Crippen LogP contribution >= 0.6 is 11.8 Å². The Morgan fingerprint density at radius 2 is 2.11 bits per heavy atom. The summed E-state index contributed by atoms with van der Waals surface area (Å²) >= 11 is 1.81. The smallest absolute Gasteiger partial charge is 0.191 e. The molecule has 0 saturated carbocycles. The van der Waals surface area contributed by atoms with Gasteiger partial charge in [-0.15, -0.1) is 10.2 Å². The highest BCUT2D eigenvalue weighted by molar-refractivity contribution is 7.98. The molecule has 1 aromatic carbocycles. The summed E-state index contributed by atoms with van der Waals surface area (Å²) < 4.78 is 21.3. The van der Waals surface area contributed by atoms with Crippen LogP contribution in [-0.2, 0) is 13.6 Å². The lowest BCUT2D eigenvalue weighted by Crippen LogP contribution is -2.42. The third-order valence-corrected chi connectivity index (χ3v) is 4.80. The molecule has 2 aromatic rings. The van der Waals surface area contributed by atoms with Gasteiger partial charge in [-0.25, -0.2) is 9.38 Å². The fourth-order valence-corrected chi connectivity index (χ4v) is 2.81. The monoisotopic (exact) mass is 408 g/mol. The standard InChI is InChI=1S/C19H29FN6OS/c1-14(27-17-9-6-5-8-16(17)20)12-22-19(21-10-7-11-28-4)23-13-18-25-24-15(2)26(18)3/h5-6,8-9,14H,7,10-13H2,1-4H3,(H2,21,22,23). The number of benzene rings is 1. The molecular weight excluding hydrogens is 379 g/mol. The lowest BCUT2D eigenvalue weighted by molar-refractivity contribution is 0.214. The van der Waals surface area contributed by atoms with Crippen LogP contribution in [0, 0.1) is 12.7 Å². The number of aromatic nitrogens is 3. The second-order valence-corrected chi connectivity index (χ2v) is 7.39. The molecule has 0 spiro atoms. The zero-order chi connectivity index (χ0) is 20.4. The summed E-state index contributed by atoms with van der Waals surface area (Å²) in [6.07, 6.45) is 2.89. The molecule has 0 amide bonds. The number of hydrogen-bond acceptors (Lipinski definition) is 5. The van der Waals surface area contributed by atoms with Crippen molar-refractivity contribution in [2.45, 2.75) is 32.9 Å². The van der Waals surface area contributed by atoms with E-state index in [1.165, 1.54) is 6.07 Å². The number of hydrogen-bond donors (Lipinski definition) is 2. The number of aryl methyl sites for hydroxylation is 1. The minimum atomic E-state index is -0.365. The maximum absolute atomic E-state index is 13.7. The number of halogens is 1. The Morgan fingerprint density at radius 1 is 1.32 bits per heavy atom. The Balaban J connectivity index is 1.93. The molecule has 0 saturated heterocycles. The molecule has 0 aliphatic carbocycles. The first-order chi connectivity index (χ1) is 13.5. The summed E-state index contributed by atoms with van der Waals surface area (Å²) in [6.45, 7) is 5.50. The topological polar surface area (TPSA) is 76.4 Å². The largest absolute Gasteiger partial charge is 0.486 e. The second-order valence-electron chi connectivity index (χ2n) is 6.40. The highest BCUT2D eigenvalue weighted by atomic mass is 32.2. The Bertz CT molecular complexity index is 767. The van der Waals surface area contributed by atoms with Gasteiger partial charge in [-0.1, -0.05) is 12.1 Å². The van der Waals surface area contributed by atoms with E-state index in [9.17, 15) is 4.39 Å². The van der Waals surface area contributed by atoms with Crippen LogP contribution in [0.2, 0.25) is 0 Å². The molecule has 0 aliphatic rings. The maximum atomic E-state index is 13.7. The van der Waals surface area contributed by atoms with Gasteiger partial charge in [0.2, 0.25) is 0 Å². The van der Waals surface area contributed by atoms with Crippen LogP contribution in [0.15, 0.2) is 29.3 Å². The highest BCUT2D eigenvalue weighted by Crippen LogP contribution is 2.16. The van der Waals surface area contributed by atoms with Gasteiger partial charge in [-0.05, 0) is 44.4 Å². The lowest BCUT2D eigenvalue weighted by atomic mass is 10.3. The van der Waals surface area contributed by atoms with Crippen LogP contribution in [0.25, 0.3) is 0 Å². The van der Waals surface area contributed by atoms with Gasteiger partial charge in [-0.2, -0.15) is 11.8 Å². The molecule has 1 unspecified atom stereocenters. The maximum Gasteiger partial charge on any atom is 0.191 e. The van der Waals surface area contributed by atoms with E-state index in [1.54, 1.807) is 18.2 Å². The number of nitrogens with zero attached hydrogens (tertiary/aromatic N) is 4. The molecule has 2 rings (SSSR count). The minimum absolute atomic E-state index is 0.229. The third kappa shape index (κ3) is 7.03. The zero-order valence-electron chi connectivity index (χ0n) is 16.9. The average molecular weight is 409 g/mol. The van der Waals surface area contributed by atoms with Crippen molar-refractivity contribution in [1.82, 2.24) is 25.4 Å². The van der Waals surface area contributed by atoms with Crippen molar-refractivity contribution in [1.29, 1.82) is 0 Å². The second kappa shape index (κ2) is 11.5. The predicted octanol–water partition coefficient (Wildman–Crippen LogP) is 2.52. The first-order valence-electron chi connectivity index (χ1n) is 9.28. The number of thioether (sulfide) groups is 1. The molecule has 0 fully saturated rings. The summed E-state index contributed by atoms with van der Waals surface area (Å²) in [4.78, 5) is 4.60. The van der Waals surface area contributed by atoms with E-state index < -0.39 is 0 Å². The van der Waals surface area contributed by atoms with Gasteiger partial charge >= 0.3 is 0 Å². The van der Waals surface area contributed by atoms with Gasteiger partial charge in [-0.3, -0.25) is 0 Å². The van der Waals surface area contributed by atoms with Gasteiger partial charge in [0.25, 0.3) is 0 Å².